The van der Waals surface area contributed by atoms with E-state index in [0.29, 0.717) is 12.5 Å². The number of hydrogen-bond donors (Lipinski definition) is 2. The Morgan fingerprint density at radius 1 is 1.05 bits per heavy atom. The summed E-state index contributed by atoms with van der Waals surface area (Å²) < 4.78 is 0. The van der Waals surface area contributed by atoms with Crippen molar-refractivity contribution in [1.29, 1.82) is 0 Å². The fraction of sp³-hybridized carbons (Fsp3) is 0.188. The summed E-state index contributed by atoms with van der Waals surface area (Å²) in [5.41, 5.74) is 9.35. The van der Waals surface area contributed by atoms with Gasteiger partial charge in [0.25, 0.3) is 0 Å². The molecule has 2 aromatic carbocycles. The van der Waals surface area contributed by atoms with E-state index in [9.17, 15) is 0 Å². The third-order valence-corrected chi connectivity index (χ3v) is 2.85. The number of nitrogens with one attached hydrogen (secondary N) is 1. The Morgan fingerprint density at radius 2 is 1.74 bits per heavy atom. The molecule has 0 atom stereocenters. The van der Waals surface area contributed by atoms with Gasteiger partial charge in [-0.3, -0.25) is 4.99 Å². The van der Waals surface area contributed by atoms with Crippen LogP contribution in [-0.4, -0.2) is 12.5 Å². The third-order valence-electron chi connectivity index (χ3n) is 2.85. The second-order valence-electron chi connectivity index (χ2n) is 4.49. The molecular formula is C16H19N3. The first kappa shape index (κ1) is 13.1. The molecule has 0 spiro atoms. The van der Waals surface area contributed by atoms with Crippen molar-refractivity contribution in [2.75, 3.05) is 11.9 Å². The van der Waals surface area contributed by atoms with E-state index in [1.165, 1.54) is 11.1 Å². The van der Waals surface area contributed by atoms with E-state index in [1.807, 2.05) is 30.3 Å². The minimum absolute atomic E-state index is 0.457. The molecule has 3 heteroatoms. The van der Waals surface area contributed by atoms with Crippen molar-refractivity contribution in [2.45, 2.75) is 13.3 Å². The fourth-order valence-corrected chi connectivity index (χ4v) is 1.77. The number of anilines is 1. The topological polar surface area (TPSA) is 50.4 Å². The molecule has 0 aliphatic rings. The van der Waals surface area contributed by atoms with Crippen LogP contribution in [0.5, 0.6) is 0 Å². The molecule has 2 rings (SSSR count). The zero-order valence-electron chi connectivity index (χ0n) is 11.1. The normalized spacial score (nSPS) is 11.3. The molecule has 19 heavy (non-hydrogen) atoms. The van der Waals surface area contributed by atoms with Gasteiger partial charge in [0.1, 0.15) is 0 Å². The van der Waals surface area contributed by atoms with Crippen LogP contribution < -0.4 is 11.1 Å². The molecular weight excluding hydrogens is 234 g/mol. The van der Waals surface area contributed by atoms with Gasteiger partial charge in [0, 0.05) is 12.2 Å². The van der Waals surface area contributed by atoms with Crippen molar-refractivity contribution < 1.29 is 0 Å². The zero-order valence-corrected chi connectivity index (χ0v) is 11.1. The minimum atomic E-state index is 0.457. The van der Waals surface area contributed by atoms with Crippen LogP contribution in [0.1, 0.15) is 11.1 Å². The summed E-state index contributed by atoms with van der Waals surface area (Å²) in [4.78, 5) is 4.32. The maximum absolute atomic E-state index is 5.83. The maximum atomic E-state index is 5.83. The van der Waals surface area contributed by atoms with Crippen LogP contribution in [0.15, 0.2) is 59.6 Å². The van der Waals surface area contributed by atoms with Gasteiger partial charge in [-0.05, 0) is 31.0 Å². The Balaban J connectivity index is 1.83. The van der Waals surface area contributed by atoms with E-state index >= 15 is 0 Å². The van der Waals surface area contributed by atoms with E-state index in [-0.39, 0.29) is 0 Å². The number of hydrogen-bond acceptors (Lipinski definition) is 1. The van der Waals surface area contributed by atoms with Crippen molar-refractivity contribution in [3.05, 3.63) is 65.7 Å². The summed E-state index contributed by atoms with van der Waals surface area (Å²) in [5.74, 6) is 0.457. The van der Waals surface area contributed by atoms with E-state index in [1.54, 1.807) is 0 Å². The fourth-order valence-electron chi connectivity index (χ4n) is 1.77. The highest BCUT2D eigenvalue weighted by Crippen LogP contribution is 2.05. The number of para-hydroxylation sites is 1. The van der Waals surface area contributed by atoms with E-state index in [2.05, 4.69) is 41.5 Å². The first-order valence-electron chi connectivity index (χ1n) is 6.41. The number of rotatable bonds is 4. The number of aliphatic imine (C=N–C) groups is 1. The highest BCUT2D eigenvalue weighted by atomic mass is 15.1. The molecule has 0 heterocycles. The molecule has 0 amide bonds. The number of aryl methyl sites for hydroxylation is 1. The van der Waals surface area contributed by atoms with Crippen LogP contribution >= 0.6 is 0 Å². The predicted molar refractivity (Wildman–Crippen MR) is 81.4 cm³/mol. The summed E-state index contributed by atoms with van der Waals surface area (Å²) >= 11 is 0. The molecule has 98 valence electrons. The molecule has 0 radical (unpaired) electrons. The van der Waals surface area contributed by atoms with Gasteiger partial charge in [-0.15, -0.1) is 0 Å². The van der Waals surface area contributed by atoms with Gasteiger partial charge in [0.15, 0.2) is 5.96 Å². The molecule has 0 aliphatic carbocycles. The molecule has 0 fully saturated rings. The van der Waals surface area contributed by atoms with Crippen molar-refractivity contribution in [3.63, 3.8) is 0 Å². The number of nitrogens with two attached hydrogens (primary N) is 1. The Hall–Kier alpha value is -2.29. The minimum Gasteiger partial charge on any atom is -0.370 e. The van der Waals surface area contributed by atoms with E-state index in [4.69, 9.17) is 5.73 Å². The Labute approximate surface area is 114 Å². The van der Waals surface area contributed by atoms with Crippen LogP contribution in [0.4, 0.5) is 5.69 Å². The molecule has 3 nitrogen and oxygen atoms in total. The summed E-state index contributed by atoms with van der Waals surface area (Å²) in [6.07, 6.45) is 0.900. The Morgan fingerprint density at radius 3 is 2.42 bits per heavy atom. The van der Waals surface area contributed by atoms with Crippen molar-refractivity contribution in [1.82, 2.24) is 0 Å². The SMILES string of the molecule is Cc1ccc(CCN=C(N)Nc2ccccc2)cc1. The molecule has 0 saturated carbocycles. The van der Waals surface area contributed by atoms with Gasteiger partial charge in [-0.2, -0.15) is 0 Å². The van der Waals surface area contributed by atoms with Gasteiger partial charge >= 0.3 is 0 Å². The highest BCUT2D eigenvalue weighted by molar-refractivity contribution is 5.92. The lowest BCUT2D eigenvalue weighted by Gasteiger charge is -2.05. The van der Waals surface area contributed by atoms with Crippen molar-refractivity contribution in [3.8, 4) is 0 Å². The third kappa shape index (κ3) is 4.47. The van der Waals surface area contributed by atoms with Gasteiger partial charge in [-0.1, -0.05) is 48.0 Å². The predicted octanol–water partition coefficient (Wildman–Crippen LogP) is 2.96. The quantitative estimate of drug-likeness (QED) is 0.650. The highest BCUT2D eigenvalue weighted by Gasteiger charge is 1.95. The first-order valence-corrected chi connectivity index (χ1v) is 6.41. The molecule has 0 aromatic heterocycles. The summed E-state index contributed by atoms with van der Waals surface area (Å²) in [6, 6.07) is 18.3. The number of benzene rings is 2. The number of nitrogens with zero attached hydrogens (tertiary/aromatic N) is 1. The van der Waals surface area contributed by atoms with Gasteiger partial charge in [0.05, 0.1) is 0 Å². The van der Waals surface area contributed by atoms with Crippen LogP contribution in [0.25, 0.3) is 0 Å². The lowest BCUT2D eigenvalue weighted by Crippen LogP contribution is -2.23. The summed E-state index contributed by atoms with van der Waals surface area (Å²) in [7, 11) is 0. The van der Waals surface area contributed by atoms with Gasteiger partial charge in [0.2, 0.25) is 0 Å². The van der Waals surface area contributed by atoms with E-state index in [0.717, 1.165) is 12.1 Å². The number of guanidine groups is 1. The average Bonchev–Trinajstić information content (AvgIpc) is 2.42. The monoisotopic (exact) mass is 253 g/mol. The molecule has 3 N–H and O–H groups in total. The molecule has 0 bridgehead atoms. The lowest BCUT2D eigenvalue weighted by molar-refractivity contribution is 0.964. The standard InChI is InChI=1S/C16H19N3/c1-13-7-9-14(10-8-13)11-12-18-16(17)19-15-5-3-2-4-6-15/h2-10H,11-12H2,1H3,(H3,17,18,19). The molecule has 0 aliphatic heterocycles. The molecule has 0 unspecified atom stereocenters. The van der Waals surface area contributed by atoms with Crippen molar-refractivity contribution in [2.24, 2.45) is 10.7 Å². The van der Waals surface area contributed by atoms with Crippen LogP contribution in [0, 0.1) is 6.92 Å². The molecule has 2 aromatic rings. The van der Waals surface area contributed by atoms with Crippen LogP contribution in [-0.2, 0) is 6.42 Å². The smallest absolute Gasteiger partial charge is 0.193 e. The van der Waals surface area contributed by atoms with Crippen molar-refractivity contribution >= 4 is 11.6 Å². The summed E-state index contributed by atoms with van der Waals surface area (Å²) in [5, 5.41) is 3.07. The second kappa shape index (κ2) is 6.59. The maximum Gasteiger partial charge on any atom is 0.193 e. The van der Waals surface area contributed by atoms with Crippen LogP contribution in [0.2, 0.25) is 0 Å². The first-order chi connectivity index (χ1) is 9.24. The van der Waals surface area contributed by atoms with Crippen LogP contribution in [0.3, 0.4) is 0 Å². The summed E-state index contributed by atoms with van der Waals surface area (Å²) in [6.45, 7) is 2.78. The average molecular weight is 253 g/mol. The van der Waals surface area contributed by atoms with Gasteiger partial charge < -0.3 is 11.1 Å². The van der Waals surface area contributed by atoms with E-state index < -0.39 is 0 Å². The van der Waals surface area contributed by atoms with Gasteiger partial charge in [-0.25, -0.2) is 0 Å². The largest absolute Gasteiger partial charge is 0.370 e. The Kier molecular flexibility index (Phi) is 4.56. The lowest BCUT2D eigenvalue weighted by atomic mass is 10.1. The zero-order chi connectivity index (χ0) is 13.5. The second-order valence-corrected chi connectivity index (χ2v) is 4.49. The molecule has 0 saturated heterocycles. The Bertz CT molecular complexity index is 530.